The second-order valence-electron chi connectivity index (χ2n) is 11.6. The van der Waals surface area contributed by atoms with Crippen molar-refractivity contribution in [3.63, 3.8) is 0 Å². The van der Waals surface area contributed by atoms with Gasteiger partial charge in [-0.25, -0.2) is 0 Å². The van der Waals surface area contributed by atoms with Gasteiger partial charge in [0.05, 0.1) is 6.07 Å². The minimum absolute atomic E-state index is 0.0508. The van der Waals surface area contributed by atoms with E-state index >= 15 is 0 Å². The SMILES string of the molecule is CC(C)(C)[C@H](NC(=O)C(F)(F)F)C(=O)N1C[C@H]2[C@@H]([C@H]1C(=O)NC(C#N)c1cncc3ccncc13)C2(C)C. The molecule has 2 aliphatic rings. The Morgan fingerprint density at radius 1 is 1.13 bits per heavy atom. The largest absolute Gasteiger partial charge is 0.471 e. The molecule has 2 N–H and O–H groups in total. The Morgan fingerprint density at radius 3 is 2.42 bits per heavy atom. The van der Waals surface area contributed by atoms with Gasteiger partial charge in [-0.05, 0) is 28.7 Å². The smallest absolute Gasteiger partial charge is 0.336 e. The van der Waals surface area contributed by atoms with Gasteiger partial charge in [0.15, 0.2) is 0 Å². The summed E-state index contributed by atoms with van der Waals surface area (Å²) in [5.74, 6) is -3.90. The highest BCUT2D eigenvalue weighted by molar-refractivity contribution is 5.95. The molecule has 5 atom stereocenters. The Bertz CT molecular complexity index is 1320. The van der Waals surface area contributed by atoms with Gasteiger partial charge in [0, 0.05) is 47.7 Å². The first-order valence-corrected chi connectivity index (χ1v) is 12.1. The number of fused-ring (bicyclic) bond motifs is 2. The summed E-state index contributed by atoms with van der Waals surface area (Å²) >= 11 is 0. The molecule has 1 saturated heterocycles. The molecule has 1 saturated carbocycles. The molecular weight excluding hydrogens is 501 g/mol. The fraction of sp³-hybridized carbons (Fsp3) is 0.538. The van der Waals surface area contributed by atoms with E-state index in [0.29, 0.717) is 10.9 Å². The van der Waals surface area contributed by atoms with E-state index in [1.54, 1.807) is 24.7 Å². The fourth-order valence-corrected chi connectivity index (χ4v) is 5.50. The van der Waals surface area contributed by atoms with E-state index in [9.17, 15) is 32.8 Å². The fourth-order valence-electron chi connectivity index (χ4n) is 5.50. The molecule has 2 fully saturated rings. The summed E-state index contributed by atoms with van der Waals surface area (Å²) in [5, 5.41) is 15.8. The molecule has 1 unspecified atom stereocenters. The van der Waals surface area contributed by atoms with E-state index in [2.05, 4.69) is 21.4 Å². The Morgan fingerprint density at radius 2 is 1.82 bits per heavy atom. The van der Waals surface area contributed by atoms with Crippen LogP contribution in [0.3, 0.4) is 0 Å². The molecule has 0 aromatic carbocycles. The number of hydrogen-bond acceptors (Lipinski definition) is 6. The first-order valence-electron chi connectivity index (χ1n) is 12.1. The van der Waals surface area contributed by atoms with Crippen LogP contribution in [0.1, 0.15) is 46.2 Å². The number of aromatic nitrogens is 2. The summed E-state index contributed by atoms with van der Waals surface area (Å²) in [6, 6.07) is 0.134. The molecule has 0 radical (unpaired) electrons. The van der Waals surface area contributed by atoms with Crippen molar-refractivity contribution in [2.75, 3.05) is 6.54 Å². The number of carbonyl (C=O) groups excluding carboxylic acids is 3. The predicted octanol–water partition coefficient (Wildman–Crippen LogP) is 2.89. The number of hydrogen-bond donors (Lipinski definition) is 2. The number of carbonyl (C=O) groups is 3. The average Bonchev–Trinajstić information content (AvgIpc) is 3.16. The number of alkyl halides is 3. The Hall–Kier alpha value is -3.75. The van der Waals surface area contributed by atoms with Gasteiger partial charge in [0.25, 0.3) is 0 Å². The van der Waals surface area contributed by atoms with E-state index in [4.69, 9.17) is 0 Å². The molecule has 1 aliphatic heterocycles. The Labute approximate surface area is 217 Å². The maximum Gasteiger partial charge on any atom is 0.471 e. The van der Waals surface area contributed by atoms with Crippen LogP contribution < -0.4 is 10.6 Å². The molecule has 2 aromatic rings. The van der Waals surface area contributed by atoms with Gasteiger partial charge in [-0.2, -0.15) is 18.4 Å². The highest BCUT2D eigenvalue weighted by Gasteiger charge is 2.70. The van der Waals surface area contributed by atoms with Crippen molar-refractivity contribution in [2.24, 2.45) is 22.7 Å². The lowest BCUT2D eigenvalue weighted by Gasteiger charge is -2.37. The molecule has 1 aliphatic carbocycles. The maximum absolute atomic E-state index is 13.7. The molecular formula is C26H29F3N6O3. The van der Waals surface area contributed by atoms with E-state index in [1.165, 1.54) is 31.9 Å². The second-order valence-corrected chi connectivity index (χ2v) is 11.6. The monoisotopic (exact) mass is 530 g/mol. The van der Waals surface area contributed by atoms with Gasteiger partial charge < -0.3 is 15.5 Å². The van der Waals surface area contributed by atoms with Gasteiger partial charge in [-0.1, -0.05) is 34.6 Å². The summed E-state index contributed by atoms with van der Waals surface area (Å²) in [6.07, 6.45) is 1.03. The number of halogens is 3. The zero-order chi connectivity index (χ0) is 28.2. The number of rotatable bonds is 5. The van der Waals surface area contributed by atoms with E-state index in [0.717, 1.165) is 5.39 Å². The van der Waals surface area contributed by atoms with Crippen molar-refractivity contribution in [1.29, 1.82) is 5.26 Å². The molecule has 38 heavy (non-hydrogen) atoms. The number of amides is 3. The third-order valence-corrected chi connectivity index (χ3v) is 7.73. The van der Waals surface area contributed by atoms with Crippen LogP contribution in [0.25, 0.3) is 10.8 Å². The summed E-state index contributed by atoms with van der Waals surface area (Å²) in [7, 11) is 0. The Balaban J connectivity index is 1.63. The van der Waals surface area contributed by atoms with Gasteiger partial charge in [0.2, 0.25) is 11.8 Å². The summed E-state index contributed by atoms with van der Waals surface area (Å²) in [4.78, 5) is 48.5. The lowest BCUT2D eigenvalue weighted by molar-refractivity contribution is -0.176. The molecule has 4 rings (SSSR count). The molecule has 12 heteroatoms. The normalized spacial score (nSPS) is 23.7. The van der Waals surface area contributed by atoms with Gasteiger partial charge >= 0.3 is 12.1 Å². The van der Waals surface area contributed by atoms with Gasteiger partial charge in [0.1, 0.15) is 18.1 Å². The number of nitrogens with one attached hydrogen (secondary N) is 2. The topological polar surface area (TPSA) is 128 Å². The standard InChI is InChI=1S/C26H29F3N6O3/c1-24(2,3)20(34-23(38)26(27,28)29)22(37)35-12-16-18(25(16,4)5)19(35)21(36)33-17(8-30)15-11-32-9-13-6-7-31-10-14(13)15/h6-7,9-11,16-20H,12H2,1-5H3,(H,33,36)(H,34,38)/t16-,17?,18-,19-,20+/m0/s1. The van der Waals surface area contributed by atoms with Crippen LogP contribution in [0.4, 0.5) is 13.2 Å². The first-order chi connectivity index (χ1) is 17.6. The predicted molar refractivity (Wildman–Crippen MR) is 130 cm³/mol. The second kappa shape index (κ2) is 9.22. The molecule has 9 nitrogen and oxygen atoms in total. The molecule has 2 aromatic heterocycles. The third-order valence-electron chi connectivity index (χ3n) is 7.73. The summed E-state index contributed by atoms with van der Waals surface area (Å²) in [5.41, 5.74) is -0.921. The van der Waals surface area contributed by atoms with Crippen molar-refractivity contribution < 1.29 is 27.6 Å². The van der Waals surface area contributed by atoms with E-state index in [-0.39, 0.29) is 23.8 Å². The van der Waals surface area contributed by atoms with E-state index < -0.39 is 47.4 Å². The number of likely N-dealkylation sites (tertiary alicyclic amines) is 1. The van der Waals surface area contributed by atoms with Crippen LogP contribution in [0.15, 0.2) is 30.9 Å². The van der Waals surface area contributed by atoms with Crippen molar-refractivity contribution in [2.45, 2.75) is 58.9 Å². The van der Waals surface area contributed by atoms with Crippen LogP contribution in [-0.2, 0) is 14.4 Å². The molecule has 202 valence electrons. The highest BCUT2D eigenvalue weighted by atomic mass is 19.4. The maximum atomic E-state index is 13.7. The van der Waals surface area contributed by atoms with Crippen molar-refractivity contribution in [3.8, 4) is 6.07 Å². The average molecular weight is 531 g/mol. The Kier molecular flexibility index (Phi) is 6.62. The molecule has 0 bridgehead atoms. The zero-order valence-corrected chi connectivity index (χ0v) is 21.6. The van der Waals surface area contributed by atoms with Gasteiger partial charge in [-0.15, -0.1) is 0 Å². The van der Waals surface area contributed by atoms with Crippen LogP contribution in [0.2, 0.25) is 0 Å². The first kappa shape index (κ1) is 27.3. The summed E-state index contributed by atoms with van der Waals surface area (Å²) < 4.78 is 39.1. The minimum atomic E-state index is -5.17. The quantitative estimate of drug-likeness (QED) is 0.612. The molecule has 3 heterocycles. The summed E-state index contributed by atoms with van der Waals surface area (Å²) in [6.45, 7) is 8.68. The minimum Gasteiger partial charge on any atom is -0.336 e. The van der Waals surface area contributed by atoms with Gasteiger partial charge in [-0.3, -0.25) is 24.4 Å². The zero-order valence-electron chi connectivity index (χ0n) is 21.6. The number of piperidine rings is 1. The molecule has 3 amide bonds. The van der Waals surface area contributed by atoms with Crippen molar-refractivity contribution in [1.82, 2.24) is 25.5 Å². The van der Waals surface area contributed by atoms with Crippen LogP contribution in [0.5, 0.6) is 0 Å². The number of nitrogens with zero attached hydrogens (tertiary/aromatic N) is 4. The lowest BCUT2D eigenvalue weighted by atomic mass is 9.85. The van der Waals surface area contributed by atoms with E-state index in [1.807, 2.05) is 19.2 Å². The lowest BCUT2D eigenvalue weighted by Crippen LogP contribution is -2.60. The van der Waals surface area contributed by atoms with Crippen LogP contribution in [0, 0.1) is 34.0 Å². The third kappa shape index (κ3) is 4.77. The number of pyridine rings is 2. The van der Waals surface area contributed by atoms with Crippen LogP contribution >= 0.6 is 0 Å². The van der Waals surface area contributed by atoms with Crippen LogP contribution in [-0.4, -0.2) is 57.4 Å². The van der Waals surface area contributed by atoms with Crippen molar-refractivity contribution >= 4 is 28.5 Å². The molecule has 0 spiro atoms. The van der Waals surface area contributed by atoms with Crippen molar-refractivity contribution in [3.05, 3.63) is 36.4 Å². The number of nitriles is 1. The highest BCUT2D eigenvalue weighted by Crippen LogP contribution is 2.65.